The summed E-state index contributed by atoms with van der Waals surface area (Å²) in [6, 6.07) is 8.25. The molecule has 0 fully saturated rings. The standard InChI is InChI=1S/C11H12OS3/c1-12-10-4-2-9(3-5-10)8-11-6-7-15(13)14-11/h2-7,11H,8H2,1H3. The SMILES string of the molecule is COc1ccc(CC2C=CS(=S)S2)cc1. The highest BCUT2D eigenvalue weighted by molar-refractivity contribution is 8.84. The molecule has 0 amide bonds. The summed E-state index contributed by atoms with van der Waals surface area (Å²) < 4.78 is 5.12. The van der Waals surface area contributed by atoms with Crippen molar-refractivity contribution in [3.05, 3.63) is 41.3 Å². The summed E-state index contributed by atoms with van der Waals surface area (Å²) in [6.07, 6.45) is 3.29. The maximum atomic E-state index is 5.22. The number of hydrogen-bond donors (Lipinski definition) is 0. The Labute approximate surface area is 101 Å². The predicted molar refractivity (Wildman–Crippen MR) is 71.9 cm³/mol. The lowest BCUT2D eigenvalue weighted by atomic mass is 10.1. The van der Waals surface area contributed by atoms with E-state index in [1.807, 2.05) is 22.9 Å². The van der Waals surface area contributed by atoms with Crippen LogP contribution in [0.15, 0.2) is 35.7 Å². The van der Waals surface area contributed by atoms with Crippen molar-refractivity contribution in [2.75, 3.05) is 7.11 Å². The molecular formula is C11H12OS3. The van der Waals surface area contributed by atoms with E-state index in [-0.39, 0.29) is 8.49 Å². The van der Waals surface area contributed by atoms with Gasteiger partial charge in [-0.25, -0.2) is 0 Å². The van der Waals surface area contributed by atoms with Crippen LogP contribution in [0.4, 0.5) is 0 Å². The zero-order valence-electron chi connectivity index (χ0n) is 8.38. The summed E-state index contributed by atoms with van der Waals surface area (Å²) in [4.78, 5) is 0. The molecule has 4 heteroatoms. The summed E-state index contributed by atoms with van der Waals surface area (Å²) >= 11 is 5.22. The molecule has 2 unspecified atom stereocenters. The summed E-state index contributed by atoms with van der Waals surface area (Å²) in [7, 11) is 3.57. The molecule has 0 saturated heterocycles. The van der Waals surface area contributed by atoms with Crippen LogP contribution >= 0.6 is 10.8 Å². The lowest BCUT2D eigenvalue weighted by Crippen LogP contribution is -2.00. The Morgan fingerprint density at radius 2 is 2.13 bits per heavy atom. The average Bonchev–Trinajstić information content (AvgIpc) is 2.65. The summed E-state index contributed by atoms with van der Waals surface area (Å²) in [6.45, 7) is 0. The molecule has 0 spiro atoms. The number of benzene rings is 1. The molecule has 0 bridgehead atoms. The van der Waals surface area contributed by atoms with Crippen molar-refractivity contribution in [2.45, 2.75) is 11.7 Å². The molecule has 1 aromatic rings. The zero-order valence-corrected chi connectivity index (χ0v) is 10.8. The molecule has 1 aliphatic rings. The molecule has 0 radical (unpaired) electrons. The largest absolute Gasteiger partial charge is 0.497 e. The zero-order chi connectivity index (χ0) is 10.7. The van der Waals surface area contributed by atoms with E-state index in [1.165, 1.54) is 5.56 Å². The van der Waals surface area contributed by atoms with Crippen molar-refractivity contribution in [2.24, 2.45) is 0 Å². The van der Waals surface area contributed by atoms with Gasteiger partial charge in [-0.1, -0.05) is 29.0 Å². The average molecular weight is 256 g/mol. The monoisotopic (exact) mass is 256 g/mol. The maximum absolute atomic E-state index is 5.22. The van der Waals surface area contributed by atoms with Gasteiger partial charge in [0.1, 0.15) is 5.75 Å². The fraction of sp³-hybridized carbons (Fsp3) is 0.273. The van der Waals surface area contributed by atoms with Crippen molar-refractivity contribution in [1.82, 2.24) is 0 Å². The first-order valence-electron chi connectivity index (χ1n) is 4.67. The van der Waals surface area contributed by atoms with Gasteiger partial charge in [0, 0.05) is 5.25 Å². The molecule has 0 saturated carbocycles. The molecule has 0 aliphatic carbocycles. The third kappa shape index (κ3) is 3.06. The number of hydrogen-bond acceptors (Lipinski definition) is 3. The topological polar surface area (TPSA) is 9.23 Å². The van der Waals surface area contributed by atoms with Crippen LogP contribution in [0.5, 0.6) is 5.75 Å². The Morgan fingerprint density at radius 1 is 1.40 bits per heavy atom. The first kappa shape index (κ1) is 11.2. The van der Waals surface area contributed by atoms with Crippen LogP contribution in [0.25, 0.3) is 0 Å². The second kappa shape index (κ2) is 5.14. The Bertz CT molecular complexity index is 383. The maximum Gasteiger partial charge on any atom is 0.118 e. The minimum absolute atomic E-state index is 0.0122. The number of rotatable bonds is 3. The smallest absolute Gasteiger partial charge is 0.118 e. The molecule has 15 heavy (non-hydrogen) atoms. The third-order valence-corrected chi connectivity index (χ3v) is 6.04. The van der Waals surface area contributed by atoms with E-state index < -0.39 is 0 Å². The van der Waals surface area contributed by atoms with E-state index >= 15 is 0 Å². The van der Waals surface area contributed by atoms with Crippen molar-refractivity contribution in [1.29, 1.82) is 0 Å². The quantitative estimate of drug-likeness (QED) is 0.770. The van der Waals surface area contributed by atoms with Gasteiger partial charge >= 0.3 is 0 Å². The highest BCUT2D eigenvalue weighted by Crippen LogP contribution is 2.28. The van der Waals surface area contributed by atoms with E-state index in [1.54, 1.807) is 7.11 Å². The first-order valence-corrected chi connectivity index (χ1v) is 8.28. The van der Waals surface area contributed by atoms with Crippen molar-refractivity contribution in [3.63, 3.8) is 0 Å². The Kier molecular flexibility index (Phi) is 3.83. The van der Waals surface area contributed by atoms with Crippen LogP contribution < -0.4 is 4.74 Å². The fourth-order valence-corrected chi connectivity index (χ4v) is 5.18. The van der Waals surface area contributed by atoms with Gasteiger partial charge in [-0.05, 0) is 49.2 Å². The molecule has 2 atom stereocenters. The predicted octanol–water partition coefficient (Wildman–Crippen LogP) is 2.86. The molecular weight excluding hydrogens is 244 g/mol. The van der Waals surface area contributed by atoms with Gasteiger partial charge in [0.15, 0.2) is 0 Å². The summed E-state index contributed by atoms with van der Waals surface area (Å²) in [5, 5.41) is 2.69. The van der Waals surface area contributed by atoms with Gasteiger partial charge in [0.05, 0.1) is 7.11 Å². The van der Waals surface area contributed by atoms with Crippen LogP contribution in [0.1, 0.15) is 5.56 Å². The Balaban J connectivity index is 1.99. The molecule has 2 rings (SSSR count). The van der Waals surface area contributed by atoms with E-state index in [0.29, 0.717) is 5.25 Å². The lowest BCUT2D eigenvalue weighted by Gasteiger charge is -2.07. The second-order valence-corrected chi connectivity index (χ2v) is 8.23. The van der Waals surface area contributed by atoms with Gasteiger partial charge in [-0.15, -0.1) is 0 Å². The minimum Gasteiger partial charge on any atom is -0.497 e. The Hall–Kier alpha value is -0.320. The molecule has 0 aromatic heterocycles. The fourth-order valence-electron chi connectivity index (χ4n) is 1.43. The van der Waals surface area contributed by atoms with Gasteiger partial charge in [0.2, 0.25) is 0 Å². The third-order valence-electron chi connectivity index (χ3n) is 2.22. The molecule has 1 nitrogen and oxygen atoms in total. The molecule has 0 N–H and O–H groups in total. The van der Waals surface area contributed by atoms with Gasteiger partial charge in [-0.3, -0.25) is 0 Å². The highest BCUT2D eigenvalue weighted by atomic mass is 33.3. The molecule has 1 aromatic carbocycles. The second-order valence-electron chi connectivity index (χ2n) is 3.28. The summed E-state index contributed by atoms with van der Waals surface area (Å²) in [5.74, 6) is 0.913. The van der Waals surface area contributed by atoms with Crippen LogP contribution in [0.2, 0.25) is 0 Å². The van der Waals surface area contributed by atoms with Gasteiger partial charge in [-0.2, -0.15) is 0 Å². The van der Waals surface area contributed by atoms with E-state index in [0.717, 1.165) is 12.2 Å². The lowest BCUT2D eigenvalue weighted by molar-refractivity contribution is 0.414. The van der Waals surface area contributed by atoms with E-state index in [4.69, 9.17) is 15.9 Å². The number of ether oxygens (including phenoxy) is 1. The van der Waals surface area contributed by atoms with Crippen molar-refractivity contribution >= 4 is 30.5 Å². The molecule has 80 valence electrons. The summed E-state index contributed by atoms with van der Waals surface area (Å²) in [5.41, 5.74) is 1.34. The van der Waals surface area contributed by atoms with Crippen LogP contribution in [-0.2, 0) is 26.1 Å². The highest BCUT2D eigenvalue weighted by Gasteiger charge is 2.13. The van der Waals surface area contributed by atoms with Crippen molar-refractivity contribution in [3.8, 4) is 5.75 Å². The van der Waals surface area contributed by atoms with E-state index in [2.05, 4.69) is 23.6 Å². The van der Waals surface area contributed by atoms with Crippen LogP contribution in [0, 0.1) is 0 Å². The van der Waals surface area contributed by atoms with E-state index in [9.17, 15) is 0 Å². The van der Waals surface area contributed by atoms with Crippen LogP contribution in [-0.4, -0.2) is 12.4 Å². The molecule has 1 heterocycles. The first-order chi connectivity index (χ1) is 7.28. The molecule has 1 aliphatic heterocycles. The van der Waals surface area contributed by atoms with Crippen LogP contribution in [0.3, 0.4) is 0 Å². The normalized spacial score (nSPS) is 24.3. The number of methoxy groups -OCH3 is 1. The van der Waals surface area contributed by atoms with Crippen molar-refractivity contribution < 1.29 is 4.74 Å². The minimum atomic E-state index is 0.0122. The van der Waals surface area contributed by atoms with Gasteiger partial charge < -0.3 is 4.74 Å². The Morgan fingerprint density at radius 3 is 2.67 bits per heavy atom. The van der Waals surface area contributed by atoms with Gasteiger partial charge in [0.25, 0.3) is 0 Å².